The van der Waals surface area contributed by atoms with Crippen molar-refractivity contribution in [2.24, 2.45) is 0 Å². The molecule has 5 heteroatoms. The Balaban J connectivity index is 1.50. The van der Waals surface area contributed by atoms with Crippen LogP contribution in [0.25, 0.3) is 11.0 Å². The summed E-state index contributed by atoms with van der Waals surface area (Å²) in [5.74, 6) is 0.956. The zero-order chi connectivity index (χ0) is 16.1. The van der Waals surface area contributed by atoms with Crippen LogP contribution in [-0.4, -0.2) is 22.1 Å². The predicted octanol–water partition coefficient (Wildman–Crippen LogP) is 2.84. The van der Waals surface area contributed by atoms with Crippen LogP contribution < -0.4 is 10.6 Å². The molecule has 5 nitrogen and oxygen atoms in total. The lowest BCUT2D eigenvalue weighted by Crippen LogP contribution is -2.36. The molecular formula is C18H20N4O. The average molecular weight is 308 g/mol. The van der Waals surface area contributed by atoms with Gasteiger partial charge in [0.05, 0.1) is 11.0 Å². The number of rotatable bonds is 5. The fraction of sp³-hybridized carbons (Fsp3) is 0.222. The van der Waals surface area contributed by atoms with E-state index >= 15 is 0 Å². The zero-order valence-corrected chi connectivity index (χ0v) is 13.1. The number of nitrogens with one attached hydrogen (secondary N) is 2. The van der Waals surface area contributed by atoms with Crippen LogP contribution in [0.4, 0.5) is 4.79 Å². The van der Waals surface area contributed by atoms with E-state index in [4.69, 9.17) is 0 Å². The lowest BCUT2D eigenvalue weighted by Gasteiger charge is -2.10. The summed E-state index contributed by atoms with van der Waals surface area (Å²) < 4.78 is 2.12. The number of carbonyl (C=O) groups is 1. The maximum Gasteiger partial charge on any atom is 0.315 e. The molecule has 0 spiro atoms. The third-order valence-corrected chi connectivity index (χ3v) is 3.76. The molecule has 118 valence electrons. The van der Waals surface area contributed by atoms with Crippen molar-refractivity contribution in [1.29, 1.82) is 0 Å². The SMILES string of the molecule is Cc1nc2ccccc2n1CCNC(=O)NCc1ccccc1. The number of urea groups is 1. The molecule has 3 aromatic rings. The molecule has 0 saturated carbocycles. The molecule has 0 atom stereocenters. The van der Waals surface area contributed by atoms with Crippen LogP contribution in [0.2, 0.25) is 0 Å². The number of fused-ring (bicyclic) bond motifs is 1. The first kappa shape index (κ1) is 15.1. The van der Waals surface area contributed by atoms with Gasteiger partial charge in [0.2, 0.25) is 0 Å². The Hall–Kier alpha value is -2.82. The highest BCUT2D eigenvalue weighted by Gasteiger charge is 2.06. The van der Waals surface area contributed by atoms with Crippen molar-refractivity contribution < 1.29 is 4.79 Å². The fourth-order valence-corrected chi connectivity index (χ4v) is 2.60. The number of hydrogen-bond donors (Lipinski definition) is 2. The largest absolute Gasteiger partial charge is 0.336 e. The maximum absolute atomic E-state index is 11.8. The van der Waals surface area contributed by atoms with Crippen LogP contribution in [0.1, 0.15) is 11.4 Å². The Morgan fingerprint density at radius 2 is 1.78 bits per heavy atom. The minimum atomic E-state index is -0.157. The molecule has 3 rings (SSSR count). The molecule has 2 aromatic carbocycles. The van der Waals surface area contributed by atoms with Gasteiger partial charge in [0.15, 0.2) is 0 Å². The van der Waals surface area contributed by atoms with Crippen molar-refractivity contribution in [3.05, 3.63) is 66.0 Å². The number of nitrogens with zero attached hydrogens (tertiary/aromatic N) is 2. The minimum Gasteiger partial charge on any atom is -0.336 e. The van der Waals surface area contributed by atoms with E-state index in [0.29, 0.717) is 19.6 Å². The first-order valence-corrected chi connectivity index (χ1v) is 7.71. The van der Waals surface area contributed by atoms with Crippen LogP contribution in [0.5, 0.6) is 0 Å². The van der Waals surface area contributed by atoms with Gasteiger partial charge in [-0.1, -0.05) is 42.5 Å². The van der Waals surface area contributed by atoms with Crippen LogP contribution in [0, 0.1) is 6.92 Å². The number of aromatic nitrogens is 2. The van der Waals surface area contributed by atoms with E-state index in [-0.39, 0.29) is 6.03 Å². The summed E-state index contributed by atoms with van der Waals surface area (Å²) in [4.78, 5) is 16.4. The van der Waals surface area contributed by atoms with Crippen LogP contribution in [-0.2, 0) is 13.1 Å². The van der Waals surface area contributed by atoms with Gasteiger partial charge in [-0.15, -0.1) is 0 Å². The quantitative estimate of drug-likeness (QED) is 0.761. The van der Waals surface area contributed by atoms with Crippen molar-refractivity contribution in [2.75, 3.05) is 6.54 Å². The third-order valence-electron chi connectivity index (χ3n) is 3.76. The van der Waals surface area contributed by atoms with Gasteiger partial charge in [-0.05, 0) is 24.6 Å². The second-order valence-electron chi connectivity index (χ2n) is 5.39. The van der Waals surface area contributed by atoms with E-state index in [1.165, 1.54) is 0 Å². The second-order valence-corrected chi connectivity index (χ2v) is 5.39. The Morgan fingerprint density at radius 1 is 1.04 bits per heavy atom. The smallest absolute Gasteiger partial charge is 0.315 e. The van der Waals surface area contributed by atoms with E-state index in [1.807, 2.05) is 61.5 Å². The van der Waals surface area contributed by atoms with Gasteiger partial charge in [0.1, 0.15) is 5.82 Å². The molecule has 1 heterocycles. The molecule has 0 radical (unpaired) electrons. The monoisotopic (exact) mass is 308 g/mol. The fourth-order valence-electron chi connectivity index (χ4n) is 2.60. The first-order chi connectivity index (χ1) is 11.2. The molecular weight excluding hydrogens is 288 g/mol. The molecule has 0 aliphatic heterocycles. The molecule has 0 saturated heterocycles. The lowest BCUT2D eigenvalue weighted by molar-refractivity contribution is 0.240. The van der Waals surface area contributed by atoms with Crippen molar-refractivity contribution in [1.82, 2.24) is 20.2 Å². The third kappa shape index (κ3) is 3.69. The van der Waals surface area contributed by atoms with Crippen molar-refractivity contribution in [3.63, 3.8) is 0 Å². The predicted molar refractivity (Wildman–Crippen MR) is 91.2 cm³/mol. The topological polar surface area (TPSA) is 59.0 Å². The minimum absolute atomic E-state index is 0.157. The molecule has 0 fully saturated rings. The summed E-state index contributed by atoms with van der Waals surface area (Å²) >= 11 is 0. The Bertz CT molecular complexity index is 795. The summed E-state index contributed by atoms with van der Waals surface area (Å²) in [5.41, 5.74) is 3.16. The first-order valence-electron chi connectivity index (χ1n) is 7.71. The van der Waals surface area contributed by atoms with Crippen molar-refractivity contribution >= 4 is 17.1 Å². The molecule has 2 amide bonds. The van der Waals surface area contributed by atoms with Gasteiger partial charge in [-0.25, -0.2) is 9.78 Å². The molecule has 23 heavy (non-hydrogen) atoms. The van der Waals surface area contributed by atoms with Crippen molar-refractivity contribution in [3.8, 4) is 0 Å². The van der Waals surface area contributed by atoms with Gasteiger partial charge in [0.25, 0.3) is 0 Å². The molecule has 0 aliphatic carbocycles. The number of hydrogen-bond acceptors (Lipinski definition) is 2. The summed E-state index contributed by atoms with van der Waals surface area (Å²) in [6, 6.07) is 17.7. The number of benzene rings is 2. The summed E-state index contributed by atoms with van der Waals surface area (Å²) in [5, 5.41) is 5.74. The summed E-state index contributed by atoms with van der Waals surface area (Å²) in [6.45, 7) is 3.77. The number of para-hydroxylation sites is 2. The average Bonchev–Trinajstić information content (AvgIpc) is 2.90. The van der Waals surface area contributed by atoms with Gasteiger partial charge in [-0.2, -0.15) is 0 Å². The van der Waals surface area contributed by atoms with E-state index in [2.05, 4.69) is 20.2 Å². The van der Waals surface area contributed by atoms with Gasteiger partial charge in [0, 0.05) is 19.6 Å². The molecule has 0 unspecified atom stereocenters. The standard InChI is InChI=1S/C18H20N4O/c1-14-21-16-9-5-6-10-17(16)22(14)12-11-19-18(23)20-13-15-7-3-2-4-8-15/h2-10H,11-13H2,1H3,(H2,19,20,23). The maximum atomic E-state index is 11.8. The molecule has 1 aromatic heterocycles. The van der Waals surface area contributed by atoms with E-state index < -0.39 is 0 Å². The molecule has 0 aliphatic rings. The van der Waals surface area contributed by atoms with Gasteiger partial charge in [-0.3, -0.25) is 0 Å². The number of carbonyl (C=O) groups excluding carboxylic acids is 1. The number of amides is 2. The highest BCUT2D eigenvalue weighted by Crippen LogP contribution is 2.14. The van der Waals surface area contributed by atoms with Crippen LogP contribution in [0.15, 0.2) is 54.6 Å². The Morgan fingerprint density at radius 3 is 2.61 bits per heavy atom. The highest BCUT2D eigenvalue weighted by atomic mass is 16.2. The van der Waals surface area contributed by atoms with Crippen LogP contribution >= 0.6 is 0 Å². The molecule has 0 bridgehead atoms. The second kappa shape index (κ2) is 6.96. The lowest BCUT2D eigenvalue weighted by atomic mass is 10.2. The van der Waals surface area contributed by atoms with Crippen molar-refractivity contribution in [2.45, 2.75) is 20.0 Å². The number of aryl methyl sites for hydroxylation is 1. The highest BCUT2D eigenvalue weighted by molar-refractivity contribution is 5.76. The zero-order valence-electron chi connectivity index (χ0n) is 13.1. The van der Waals surface area contributed by atoms with E-state index in [9.17, 15) is 4.79 Å². The Kier molecular flexibility index (Phi) is 4.57. The van der Waals surface area contributed by atoms with E-state index in [1.54, 1.807) is 0 Å². The summed E-state index contributed by atoms with van der Waals surface area (Å²) in [7, 11) is 0. The number of imidazole rings is 1. The Labute approximate surface area is 135 Å². The molecule has 2 N–H and O–H groups in total. The van der Waals surface area contributed by atoms with Gasteiger partial charge < -0.3 is 15.2 Å². The van der Waals surface area contributed by atoms with E-state index in [0.717, 1.165) is 22.4 Å². The van der Waals surface area contributed by atoms with Crippen LogP contribution in [0.3, 0.4) is 0 Å². The van der Waals surface area contributed by atoms with Gasteiger partial charge >= 0.3 is 6.03 Å². The normalized spacial score (nSPS) is 10.7. The summed E-state index contributed by atoms with van der Waals surface area (Å²) in [6.07, 6.45) is 0.